The summed E-state index contributed by atoms with van der Waals surface area (Å²) in [5.74, 6) is -2.14. The first kappa shape index (κ1) is 17.1. The molecule has 1 aromatic rings. The fourth-order valence-electron chi connectivity index (χ4n) is 1.52. The van der Waals surface area contributed by atoms with Crippen LogP contribution in [0, 0.1) is 12.7 Å². The van der Waals surface area contributed by atoms with Crippen LogP contribution in [0.15, 0.2) is 16.6 Å². The van der Waals surface area contributed by atoms with Gasteiger partial charge in [-0.2, -0.15) is 0 Å². The Bertz CT molecular complexity index is 578. The fourth-order valence-corrected chi connectivity index (χ4v) is 1.98. The number of anilines is 1. The van der Waals surface area contributed by atoms with E-state index >= 15 is 0 Å². The minimum Gasteiger partial charge on any atom is -0.481 e. The topological polar surface area (TPSA) is 95.5 Å². The van der Waals surface area contributed by atoms with E-state index in [1.807, 2.05) is 5.32 Å². The second-order valence-electron chi connectivity index (χ2n) is 4.33. The second-order valence-corrected chi connectivity index (χ2v) is 5.19. The molecule has 114 valence electrons. The smallest absolute Gasteiger partial charge is 0.325 e. The number of aliphatic carboxylic acids is 1. The predicted molar refractivity (Wildman–Crippen MR) is 77.5 cm³/mol. The standard InChI is InChI=1S/C13H14BrFN2O4/c1-7-5-8(14)9(15)6-10(7)16-13(21)17-11(18)3-2-4-12(19)20/h5-6H,2-4H2,1H3,(H,19,20)(H2,16,17,18,21). The van der Waals surface area contributed by atoms with E-state index in [4.69, 9.17) is 5.11 Å². The lowest BCUT2D eigenvalue weighted by Crippen LogP contribution is -2.34. The first-order valence-electron chi connectivity index (χ1n) is 6.08. The first-order valence-corrected chi connectivity index (χ1v) is 6.87. The zero-order valence-electron chi connectivity index (χ0n) is 11.2. The summed E-state index contributed by atoms with van der Waals surface area (Å²) < 4.78 is 13.6. The Morgan fingerprint density at radius 2 is 1.95 bits per heavy atom. The Morgan fingerprint density at radius 3 is 2.57 bits per heavy atom. The van der Waals surface area contributed by atoms with E-state index in [1.165, 1.54) is 6.07 Å². The molecule has 0 bridgehead atoms. The van der Waals surface area contributed by atoms with Crippen LogP contribution in [0.4, 0.5) is 14.9 Å². The SMILES string of the molecule is Cc1cc(Br)c(F)cc1NC(=O)NC(=O)CCCC(=O)O. The van der Waals surface area contributed by atoms with Gasteiger partial charge in [0.05, 0.1) is 4.47 Å². The number of carbonyl (C=O) groups is 3. The van der Waals surface area contributed by atoms with E-state index in [0.29, 0.717) is 5.56 Å². The zero-order chi connectivity index (χ0) is 16.0. The average Bonchev–Trinajstić information content (AvgIpc) is 2.35. The van der Waals surface area contributed by atoms with Gasteiger partial charge in [-0.05, 0) is 47.0 Å². The summed E-state index contributed by atoms with van der Waals surface area (Å²) in [5.41, 5.74) is 0.864. The molecule has 0 atom stereocenters. The lowest BCUT2D eigenvalue weighted by Gasteiger charge is -2.10. The summed E-state index contributed by atoms with van der Waals surface area (Å²) in [4.78, 5) is 33.3. The van der Waals surface area contributed by atoms with Gasteiger partial charge in [0.15, 0.2) is 0 Å². The van der Waals surface area contributed by atoms with Crippen molar-refractivity contribution in [1.29, 1.82) is 0 Å². The Kier molecular flexibility index (Phi) is 6.29. The molecule has 0 heterocycles. The summed E-state index contributed by atoms with van der Waals surface area (Å²) >= 11 is 3.02. The van der Waals surface area contributed by atoms with Crippen LogP contribution in [0.5, 0.6) is 0 Å². The zero-order valence-corrected chi connectivity index (χ0v) is 12.8. The number of benzene rings is 1. The Labute approximate surface area is 128 Å². The van der Waals surface area contributed by atoms with Gasteiger partial charge >= 0.3 is 12.0 Å². The van der Waals surface area contributed by atoms with Crippen molar-refractivity contribution in [3.05, 3.63) is 28.0 Å². The molecule has 3 amide bonds. The molecule has 0 aliphatic rings. The van der Waals surface area contributed by atoms with Crippen molar-refractivity contribution in [2.24, 2.45) is 0 Å². The molecule has 0 aliphatic carbocycles. The monoisotopic (exact) mass is 360 g/mol. The van der Waals surface area contributed by atoms with Crippen molar-refractivity contribution < 1.29 is 23.9 Å². The van der Waals surface area contributed by atoms with Gasteiger partial charge in [-0.3, -0.25) is 14.9 Å². The molecule has 0 aliphatic heterocycles. The molecule has 0 radical (unpaired) electrons. The van der Waals surface area contributed by atoms with Crippen LogP contribution < -0.4 is 10.6 Å². The van der Waals surface area contributed by atoms with Crippen LogP contribution >= 0.6 is 15.9 Å². The number of rotatable bonds is 5. The van der Waals surface area contributed by atoms with Crippen LogP contribution in [0.1, 0.15) is 24.8 Å². The highest BCUT2D eigenvalue weighted by atomic mass is 79.9. The van der Waals surface area contributed by atoms with Gasteiger partial charge in [0.2, 0.25) is 5.91 Å². The van der Waals surface area contributed by atoms with Crippen LogP contribution in [-0.4, -0.2) is 23.0 Å². The van der Waals surface area contributed by atoms with Gasteiger partial charge in [-0.25, -0.2) is 9.18 Å². The summed E-state index contributed by atoms with van der Waals surface area (Å²) in [7, 11) is 0. The molecule has 8 heteroatoms. The number of carboxylic acid groups (broad SMARTS) is 1. The van der Waals surface area contributed by atoms with Crippen LogP contribution in [0.2, 0.25) is 0 Å². The Balaban J connectivity index is 2.52. The van der Waals surface area contributed by atoms with Gasteiger partial charge in [-0.1, -0.05) is 0 Å². The van der Waals surface area contributed by atoms with Crippen molar-refractivity contribution in [3.63, 3.8) is 0 Å². The van der Waals surface area contributed by atoms with E-state index in [-0.39, 0.29) is 29.4 Å². The number of nitrogens with one attached hydrogen (secondary N) is 2. The maximum Gasteiger partial charge on any atom is 0.325 e. The van der Waals surface area contributed by atoms with Gasteiger partial charge < -0.3 is 10.4 Å². The molecule has 1 aromatic carbocycles. The normalized spacial score (nSPS) is 10.0. The number of carboxylic acids is 1. The minimum absolute atomic E-state index is 0.0760. The van der Waals surface area contributed by atoms with Crippen molar-refractivity contribution in [2.45, 2.75) is 26.2 Å². The molecule has 1 rings (SSSR count). The van der Waals surface area contributed by atoms with Crippen molar-refractivity contribution in [3.8, 4) is 0 Å². The van der Waals surface area contributed by atoms with E-state index in [0.717, 1.165) is 6.07 Å². The molecule has 0 saturated carbocycles. The molecule has 3 N–H and O–H groups in total. The molecule has 0 saturated heterocycles. The predicted octanol–water partition coefficient (Wildman–Crippen LogP) is 2.80. The quantitative estimate of drug-likeness (QED) is 0.752. The largest absolute Gasteiger partial charge is 0.481 e. The maximum atomic E-state index is 13.4. The molecule has 0 fully saturated rings. The Morgan fingerprint density at radius 1 is 1.29 bits per heavy atom. The summed E-state index contributed by atoms with van der Waals surface area (Å²) in [6, 6.07) is 1.84. The first-order chi connectivity index (χ1) is 9.79. The van der Waals surface area contributed by atoms with Crippen molar-refractivity contribution in [1.82, 2.24) is 5.32 Å². The highest BCUT2D eigenvalue weighted by Gasteiger charge is 2.11. The number of hydrogen-bond donors (Lipinski definition) is 3. The minimum atomic E-state index is -1.01. The third-order valence-electron chi connectivity index (χ3n) is 2.56. The number of imide groups is 1. The van der Waals surface area contributed by atoms with Gasteiger partial charge in [-0.15, -0.1) is 0 Å². The van der Waals surface area contributed by atoms with Crippen LogP contribution in [-0.2, 0) is 9.59 Å². The Hall–Kier alpha value is -1.96. The van der Waals surface area contributed by atoms with E-state index in [1.54, 1.807) is 6.92 Å². The molecule has 6 nitrogen and oxygen atoms in total. The van der Waals surface area contributed by atoms with E-state index < -0.39 is 23.7 Å². The second kappa shape index (κ2) is 7.72. The highest BCUT2D eigenvalue weighted by molar-refractivity contribution is 9.10. The number of amides is 3. The highest BCUT2D eigenvalue weighted by Crippen LogP contribution is 2.23. The lowest BCUT2D eigenvalue weighted by molar-refractivity contribution is -0.137. The molecule has 0 aromatic heterocycles. The van der Waals surface area contributed by atoms with Gasteiger partial charge in [0, 0.05) is 18.5 Å². The summed E-state index contributed by atoms with van der Waals surface area (Å²) in [5, 5.41) is 12.8. The van der Waals surface area contributed by atoms with Gasteiger partial charge in [0.1, 0.15) is 5.82 Å². The molecular formula is C13H14BrFN2O4. The third kappa shape index (κ3) is 5.90. The number of halogens is 2. The van der Waals surface area contributed by atoms with Crippen molar-refractivity contribution in [2.75, 3.05) is 5.32 Å². The summed E-state index contributed by atoms with van der Waals surface area (Å²) in [6.07, 6.45) is -0.0835. The molecule has 0 spiro atoms. The third-order valence-corrected chi connectivity index (χ3v) is 3.17. The lowest BCUT2D eigenvalue weighted by atomic mass is 10.2. The van der Waals surface area contributed by atoms with E-state index in [9.17, 15) is 18.8 Å². The molecule has 0 unspecified atom stereocenters. The van der Waals surface area contributed by atoms with Crippen LogP contribution in [0.3, 0.4) is 0 Å². The molecular weight excluding hydrogens is 347 g/mol. The molecule has 21 heavy (non-hydrogen) atoms. The van der Waals surface area contributed by atoms with Gasteiger partial charge in [0.25, 0.3) is 0 Å². The summed E-state index contributed by atoms with van der Waals surface area (Å²) in [6.45, 7) is 1.68. The number of urea groups is 1. The maximum absolute atomic E-state index is 13.4. The number of carbonyl (C=O) groups excluding carboxylic acids is 2. The van der Waals surface area contributed by atoms with Crippen LogP contribution in [0.25, 0.3) is 0 Å². The number of aryl methyl sites for hydroxylation is 1. The van der Waals surface area contributed by atoms with E-state index in [2.05, 4.69) is 21.2 Å². The fraction of sp³-hybridized carbons (Fsp3) is 0.308. The number of hydrogen-bond acceptors (Lipinski definition) is 3. The van der Waals surface area contributed by atoms with Crippen molar-refractivity contribution >= 4 is 39.5 Å². The average molecular weight is 361 g/mol.